The van der Waals surface area contributed by atoms with Gasteiger partial charge < -0.3 is 20.6 Å². The molecule has 0 bridgehead atoms. The molecule has 110 valence electrons. The van der Waals surface area contributed by atoms with Crippen LogP contribution < -0.4 is 5.32 Å². The van der Waals surface area contributed by atoms with Crippen LogP contribution in [0, 0.1) is 11.3 Å². The number of aliphatic carboxylic acids is 1. The third kappa shape index (κ3) is 4.18. The van der Waals surface area contributed by atoms with E-state index in [2.05, 4.69) is 5.32 Å². The smallest absolute Gasteiger partial charge is 0.306 e. The fourth-order valence-electron chi connectivity index (χ4n) is 2.27. The predicted octanol–water partition coefficient (Wildman–Crippen LogP) is 0.125. The molecule has 6 nitrogen and oxygen atoms in total. The van der Waals surface area contributed by atoms with Crippen LogP contribution in [-0.2, 0) is 9.59 Å². The summed E-state index contributed by atoms with van der Waals surface area (Å²) in [5.41, 5.74) is -0.912. The van der Waals surface area contributed by atoms with Crippen molar-refractivity contribution in [3.05, 3.63) is 0 Å². The molecule has 1 fully saturated rings. The highest BCUT2D eigenvalue weighted by molar-refractivity contribution is 5.81. The van der Waals surface area contributed by atoms with Crippen LogP contribution in [0.2, 0.25) is 0 Å². The molecule has 19 heavy (non-hydrogen) atoms. The van der Waals surface area contributed by atoms with Crippen molar-refractivity contribution in [1.82, 2.24) is 5.32 Å². The summed E-state index contributed by atoms with van der Waals surface area (Å²) in [5, 5.41) is 30.6. The van der Waals surface area contributed by atoms with Crippen LogP contribution in [0.25, 0.3) is 0 Å². The van der Waals surface area contributed by atoms with Gasteiger partial charge in [-0.25, -0.2) is 0 Å². The molecule has 1 saturated carbocycles. The Bertz CT molecular complexity index is 342. The number of aliphatic hydroxyl groups excluding tert-OH is 2. The molecular formula is C13H23NO5. The average Bonchev–Trinajstić information content (AvgIpc) is 2.38. The summed E-state index contributed by atoms with van der Waals surface area (Å²) < 4.78 is 0. The van der Waals surface area contributed by atoms with Gasteiger partial charge in [0.25, 0.3) is 0 Å². The maximum atomic E-state index is 11.9. The van der Waals surface area contributed by atoms with Gasteiger partial charge in [0.05, 0.1) is 12.5 Å². The maximum Gasteiger partial charge on any atom is 0.306 e. The van der Waals surface area contributed by atoms with Gasteiger partial charge in [-0.1, -0.05) is 20.3 Å². The van der Waals surface area contributed by atoms with Crippen molar-refractivity contribution in [1.29, 1.82) is 0 Å². The van der Waals surface area contributed by atoms with Gasteiger partial charge in [-0.3, -0.25) is 9.59 Å². The van der Waals surface area contributed by atoms with Crippen LogP contribution >= 0.6 is 0 Å². The third-order valence-electron chi connectivity index (χ3n) is 3.77. The van der Waals surface area contributed by atoms with Crippen molar-refractivity contribution in [2.24, 2.45) is 11.3 Å². The molecule has 0 unspecified atom stereocenters. The first-order valence-electron chi connectivity index (χ1n) is 6.60. The monoisotopic (exact) mass is 273 g/mol. The van der Waals surface area contributed by atoms with Crippen molar-refractivity contribution in [2.75, 3.05) is 6.61 Å². The molecule has 0 aromatic rings. The number of hydrogen-bond acceptors (Lipinski definition) is 4. The summed E-state index contributed by atoms with van der Waals surface area (Å²) in [4.78, 5) is 22.8. The van der Waals surface area contributed by atoms with Crippen molar-refractivity contribution in [3.8, 4) is 0 Å². The van der Waals surface area contributed by atoms with Gasteiger partial charge in [-0.15, -0.1) is 0 Å². The highest BCUT2D eigenvalue weighted by Gasteiger charge is 2.35. The Kier molecular flexibility index (Phi) is 5.31. The van der Waals surface area contributed by atoms with Gasteiger partial charge in [-0.2, -0.15) is 0 Å². The molecule has 4 N–H and O–H groups in total. The first-order chi connectivity index (χ1) is 8.77. The van der Waals surface area contributed by atoms with E-state index in [1.165, 1.54) is 0 Å². The minimum atomic E-state index is -1.30. The predicted molar refractivity (Wildman–Crippen MR) is 68.4 cm³/mol. The Morgan fingerprint density at radius 1 is 1.37 bits per heavy atom. The van der Waals surface area contributed by atoms with E-state index in [-0.39, 0.29) is 12.6 Å². The second kappa shape index (κ2) is 6.34. The van der Waals surface area contributed by atoms with Gasteiger partial charge in [-0.05, 0) is 19.3 Å². The van der Waals surface area contributed by atoms with Crippen LogP contribution in [0.4, 0.5) is 0 Å². The fraction of sp³-hybridized carbons (Fsp3) is 0.846. The topological polar surface area (TPSA) is 107 Å². The second-order valence-electron chi connectivity index (χ2n) is 5.96. The van der Waals surface area contributed by atoms with Crippen LogP contribution in [0.15, 0.2) is 0 Å². The lowest BCUT2D eigenvalue weighted by molar-refractivity contribution is -0.144. The molecule has 0 aromatic carbocycles. The van der Waals surface area contributed by atoms with Gasteiger partial charge in [0, 0.05) is 11.5 Å². The first-order valence-corrected chi connectivity index (χ1v) is 6.60. The average molecular weight is 273 g/mol. The highest BCUT2D eigenvalue weighted by Crippen LogP contribution is 2.25. The largest absolute Gasteiger partial charge is 0.481 e. The van der Waals surface area contributed by atoms with Crippen LogP contribution in [0.5, 0.6) is 0 Å². The van der Waals surface area contributed by atoms with E-state index < -0.39 is 29.3 Å². The molecule has 1 aliphatic rings. The maximum absolute atomic E-state index is 11.9. The van der Waals surface area contributed by atoms with E-state index in [1.54, 1.807) is 13.8 Å². The molecule has 1 rings (SSSR count). The molecule has 0 aliphatic heterocycles. The fourth-order valence-corrected chi connectivity index (χ4v) is 2.27. The number of carbonyl (C=O) groups is 2. The lowest BCUT2D eigenvalue weighted by Gasteiger charge is -2.31. The van der Waals surface area contributed by atoms with E-state index in [9.17, 15) is 14.7 Å². The summed E-state index contributed by atoms with van der Waals surface area (Å²) in [5.74, 6) is -1.81. The van der Waals surface area contributed by atoms with Crippen molar-refractivity contribution < 1.29 is 24.9 Å². The minimum absolute atomic E-state index is 0.216. The lowest BCUT2D eigenvalue weighted by Crippen LogP contribution is -2.50. The van der Waals surface area contributed by atoms with Crippen LogP contribution in [0.1, 0.15) is 39.5 Å². The summed E-state index contributed by atoms with van der Waals surface area (Å²) in [6.45, 7) is 2.89. The van der Waals surface area contributed by atoms with Crippen molar-refractivity contribution in [3.63, 3.8) is 0 Å². The van der Waals surface area contributed by atoms with Gasteiger partial charge in [0.15, 0.2) is 0 Å². The standard InChI is InChI=1S/C13H23NO5/c1-13(2,7-15)10(16)11(17)14-9-5-3-4-8(6-9)12(18)19/h8-10,15-16H,3-7H2,1-2H3,(H,14,17)(H,18,19)/t8-,9-,10-/m0/s1. The first kappa shape index (κ1) is 15.9. The summed E-state index contributed by atoms with van der Waals surface area (Å²) in [7, 11) is 0. The molecule has 1 amide bonds. The number of carboxylic acid groups (broad SMARTS) is 1. The number of amides is 1. The summed E-state index contributed by atoms with van der Waals surface area (Å²) in [6.07, 6.45) is 1.20. The van der Waals surface area contributed by atoms with Crippen molar-refractivity contribution >= 4 is 11.9 Å². The Labute approximate surface area is 112 Å². The number of carboxylic acids is 1. The SMILES string of the molecule is CC(C)(CO)[C@@H](O)C(=O)N[C@H]1CCC[C@H](C(=O)O)C1. The molecule has 1 aliphatic carbocycles. The van der Waals surface area contributed by atoms with Gasteiger partial charge in [0.1, 0.15) is 6.10 Å². The highest BCUT2D eigenvalue weighted by atomic mass is 16.4. The zero-order valence-corrected chi connectivity index (χ0v) is 11.4. The van der Waals surface area contributed by atoms with E-state index in [0.29, 0.717) is 12.8 Å². The van der Waals surface area contributed by atoms with Crippen molar-refractivity contribution in [2.45, 2.75) is 51.7 Å². The van der Waals surface area contributed by atoms with E-state index in [4.69, 9.17) is 10.2 Å². The Balaban J connectivity index is 2.55. The summed E-state index contributed by atoms with van der Waals surface area (Å²) in [6, 6.07) is -0.216. The van der Waals surface area contributed by atoms with Crippen LogP contribution in [0.3, 0.4) is 0 Å². The molecule has 3 atom stereocenters. The molecule has 6 heteroatoms. The quantitative estimate of drug-likeness (QED) is 0.569. The normalized spacial score (nSPS) is 25.7. The Hall–Kier alpha value is -1.14. The lowest BCUT2D eigenvalue weighted by atomic mass is 9.84. The van der Waals surface area contributed by atoms with E-state index in [0.717, 1.165) is 12.8 Å². The minimum Gasteiger partial charge on any atom is -0.481 e. The molecule has 0 radical (unpaired) electrons. The van der Waals surface area contributed by atoms with Crippen LogP contribution in [-0.4, -0.2) is 45.9 Å². The third-order valence-corrected chi connectivity index (χ3v) is 3.77. The zero-order valence-electron chi connectivity index (χ0n) is 11.4. The molecule has 0 aromatic heterocycles. The Morgan fingerprint density at radius 3 is 2.53 bits per heavy atom. The molecular weight excluding hydrogens is 250 g/mol. The molecule has 0 saturated heterocycles. The van der Waals surface area contributed by atoms with Gasteiger partial charge in [0.2, 0.25) is 5.91 Å². The Morgan fingerprint density at radius 2 is 2.00 bits per heavy atom. The summed E-state index contributed by atoms with van der Waals surface area (Å²) >= 11 is 0. The number of rotatable bonds is 5. The number of carbonyl (C=O) groups excluding carboxylic acids is 1. The molecule has 0 heterocycles. The van der Waals surface area contributed by atoms with E-state index >= 15 is 0 Å². The van der Waals surface area contributed by atoms with Gasteiger partial charge >= 0.3 is 5.97 Å². The number of hydrogen-bond donors (Lipinski definition) is 4. The zero-order chi connectivity index (χ0) is 14.6. The number of nitrogens with one attached hydrogen (secondary N) is 1. The second-order valence-corrected chi connectivity index (χ2v) is 5.96. The molecule has 0 spiro atoms. The van der Waals surface area contributed by atoms with E-state index in [1.807, 2.05) is 0 Å². The number of aliphatic hydroxyl groups is 2.